The maximum absolute atomic E-state index is 12.8. The van der Waals surface area contributed by atoms with Crippen LogP contribution < -0.4 is 10.6 Å². The van der Waals surface area contributed by atoms with Gasteiger partial charge in [0.15, 0.2) is 15.8 Å². The second-order valence-corrected chi connectivity index (χ2v) is 8.44. The predicted molar refractivity (Wildman–Crippen MR) is 104 cm³/mol. The van der Waals surface area contributed by atoms with Crippen molar-refractivity contribution in [3.63, 3.8) is 0 Å². The van der Waals surface area contributed by atoms with Crippen LogP contribution in [0.25, 0.3) is 0 Å². The number of benzene rings is 1. The zero-order valence-corrected chi connectivity index (χ0v) is 16.8. The first-order valence-corrected chi connectivity index (χ1v) is 9.85. The van der Waals surface area contributed by atoms with Crippen molar-refractivity contribution in [1.82, 2.24) is 10.6 Å². The van der Waals surface area contributed by atoms with Crippen LogP contribution >= 0.6 is 35.7 Å². The van der Waals surface area contributed by atoms with Crippen molar-refractivity contribution in [2.45, 2.75) is 17.4 Å². The van der Waals surface area contributed by atoms with E-state index in [2.05, 4.69) is 15.6 Å². The minimum atomic E-state index is -2.89. The van der Waals surface area contributed by atoms with Crippen molar-refractivity contribution < 1.29 is 12.8 Å². The van der Waals surface area contributed by atoms with Gasteiger partial charge in [-0.3, -0.25) is 4.99 Å². The average molecular weight is 473 g/mol. The summed E-state index contributed by atoms with van der Waals surface area (Å²) in [6.45, 7) is 0.682. The highest BCUT2D eigenvalue weighted by Gasteiger charge is 2.28. The molecule has 0 aromatic heterocycles. The predicted octanol–water partition coefficient (Wildman–Crippen LogP) is 1.89. The van der Waals surface area contributed by atoms with Crippen LogP contribution in [-0.4, -0.2) is 51.3 Å². The van der Waals surface area contributed by atoms with Crippen LogP contribution in [0.5, 0.6) is 0 Å². The summed E-state index contributed by atoms with van der Waals surface area (Å²) in [5, 5.41) is 6.28. The number of nitrogens with one attached hydrogen (secondary N) is 2. The van der Waals surface area contributed by atoms with Gasteiger partial charge in [0.1, 0.15) is 5.82 Å². The molecule has 1 saturated heterocycles. The number of rotatable bonds is 5. The molecule has 9 heteroatoms. The fraction of sp³-hybridized carbons (Fsp3) is 0.500. The number of thioether (sulfide) groups is 1. The Bertz CT molecular complexity index is 623. The molecule has 130 valence electrons. The maximum atomic E-state index is 12.8. The molecule has 0 aliphatic carbocycles. The number of hydrogen-bond acceptors (Lipinski definition) is 4. The van der Waals surface area contributed by atoms with Gasteiger partial charge in [-0.25, -0.2) is 12.8 Å². The Hall–Kier alpha value is -0.550. The van der Waals surface area contributed by atoms with Crippen molar-refractivity contribution in [2.24, 2.45) is 4.99 Å². The molecule has 1 aromatic rings. The van der Waals surface area contributed by atoms with Gasteiger partial charge in [-0.05, 0) is 30.7 Å². The lowest BCUT2D eigenvalue weighted by Gasteiger charge is -2.15. The molecule has 0 saturated carbocycles. The molecule has 2 rings (SSSR count). The monoisotopic (exact) mass is 473 g/mol. The first kappa shape index (κ1) is 20.5. The molecule has 5 nitrogen and oxygen atoms in total. The third kappa shape index (κ3) is 7.25. The SMILES string of the molecule is CN=C(NCCSc1ccc(F)cc1)NC1CCS(=O)(=O)C1.I. The quantitative estimate of drug-likeness (QED) is 0.225. The van der Waals surface area contributed by atoms with E-state index in [4.69, 9.17) is 0 Å². The van der Waals surface area contributed by atoms with Crippen molar-refractivity contribution in [3.05, 3.63) is 30.1 Å². The zero-order chi connectivity index (χ0) is 16.0. The normalized spacial score (nSPS) is 19.9. The number of sulfone groups is 1. The fourth-order valence-corrected chi connectivity index (χ4v) is 4.61. The second-order valence-electron chi connectivity index (χ2n) is 5.05. The molecule has 1 unspecified atom stereocenters. The molecule has 1 aromatic carbocycles. The van der Waals surface area contributed by atoms with Gasteiger partial charge in [0.05, 0.1) is 11.5 Å². The maximum Gasteiger partial charge on any atom is 0.191 e. The lowest BCUT2D eigenvalue weighted by Crippen LogP contribution is -2.44. The standard InChI is InChI=1S/C14H20FN3O2S2.HI/c1-16-14(18-12-6-9-22(19,20)10-12)17-7-8-21-13-4-2-11(15)3-5-13;/h2-5,12H,6-10H2,1H3,(H2,16,17,18);1H. The molecule has 0 bridgehead atoms. The Labute approximate surface area is 157 Å². The molecule has 0 radical (unpaired) electrons. The van der Waals surface area contributed by atoms with Gasteiger partial charge in [-0.2, -0.15) is 0 Å². The van der Waals surface area contributed by atoms with E-state index in [9.17, 15) is 12.8 Å². The Morgan fingerprint density at radius 2 is 2.09 bits per heavy atom. The lowest BCUT2D eigenvalue weighted by molar-refractivity contribution is 0.599. The minimum Gasteiger partial charge on any atom is -0.356 e. The summed E-state index contributed by atoms with van der Waals surface area (Å²) in [5.41, 5.74) is 0. The largest absolute Gasteiger partial charge is 0.356 e. The van der Waals surface area contributed by atoms with Crippen molar-refractivity contribution in [2.75, 3.05) is 30.9 Å². The summed E-state index contributed by atoms with van der Waals surface area (Å²) in [7, 11) is -1.24. The first-order valence-electron chi connectivity index (χ1n) is 7.04. The molecule has 1 heterocycles. The average Bonchev–Trinajstić information content (AvgIpc) is 2.83. The Kier molecular flexibility index (Phi) is 8.62. The smallest absolute Gasteiger partial charge is 0.191 e. The van der Waals surface area contributed by atoms with Crippen LogP contribution in [0.15, 0.2) is 34.2 Å². The molecule has 2 N–H and O–H groups in total. The van der Waals surface area contributed by atoms with Crippen molar-refractivity contribution >= 4 is 51.5 Å². The number of guanidine groups is 1. The fourth-order valence-electron chi connectivity index (χ4n) is 2.17. The summed E-state index contributed by atoms with van der Waals surface area (Å²) in [4.78, 5) is 5.10. The van der Waals surface area contributed by atoms with E-state index in [1.165, 1.54) is 12.1 Å². The van der Waals surface area contributed by atoms with Gasteiger partial charge < -0.3 is 10.6 Å². The van der Waals surface area contributed by atoms with Gasteiger partial charge >= 0.3 is 0 Å². The van der Waals surface area contributed by atoms with E-state index in [1.807, 2.05) is 0 Å². The molecule has 0 spiro atoms. The highest BCUT2D eigenvalue weighted by atomic mass is 127. The lowest BCUT2D eigenvalue weighted by atomic mass is 10.3. The Morgan fingerprint density at radius 1 is 1.39 bits per heavy atom. The zero-order valence-electron chi connectivity index (χ0n) is 12.8. The molecular formula is C14H21FIN3O2S2. The van der Waals surface area contributed by atoms with E-state index < -0.39 is 9.84 Å². The van der Waals surface area contributed by atoms with Crippen LogP contribution in [0.1, 0.15) is 6.42 Å². The van der Waals surface area contributed by atoms with E-state index in [0.717, 1.165) is 10.6 Å². The summed E-state index contributed by atoms with van der Waals surface area (Å²) in [5.74, 6) is 1.58. The van der Waals surface area contributed by atoms with Crippen molar-refractivity contribution in [1.29, 1.82) is 0 Å². The summed E-state index contributed by atoms with van der Waals surface area (Å²) < 4.78 is 35.6. The second kappa shape index (κ2) is 9.67. The molecule has 23 heavy (non-hydrogen) atoms. The molecule has 1 fully saturated rings. The minimum absolute atomic E-state index is 0. The van der Waals surface area contributed by atoms with Gasteiger partial charge in [0, 0.05) is 30.3 Å². The number of nitrogens with zero attached hydrogens (tertiary/aromatic N) is 1. The van der Waals surface area contributed by atoms with E-state index in [1.54, 1.807) is 30.9 Å². The van der Waals surface area contributed by atoms with Crippen LogP contribution in [-0.2, 0) is 9.84 Å². The summed E-state index contributed by atoms with van der Waals surface area (Å²) in [6, 6.07) is 6.31. The topological polar surface area (TPSA) is 70.6 Å². The first-order chi connectivity index (χ1) is 10.5. The van der Waals surface area contributed by atoms with E-state index in [0.29, 0.717) is 18.9 Å². The number of halogens is 2. The van der Waals surface area contributed by atoms with Gasteiger partial charge in [0.25, 0.3) is 0 Å². The van der Waals surface area contributed by atoms with E-state index >= 15 is 0 Å². The third-order valence-corrected chi connectivity index (χ3v) is 6.06. The molecule has 1 aliphatic heterocycles. The van der Waals surface area contributed by atoms with Crippen LogP contribution in [0.2, 0.25) is 0 Å². The highest BCUT2D eigenvalue weighted by Crippen LogP contribution is 2.17. The van der Waals surface area contributed by atoms with Crippen LogP contribution in [0, 0.1) is 5.82 Å². The third-order valence-electron chi connectivity index (χ3n) is 3.27. The number of aliphatic imine (C=N–C) groups is 1. The summed E-state index contributed by atoms with van der Waals surface area (Å²) in [6.07, 6.45) is 0.618. The molecule has 1 aliphatic rings. The van der Waals surface area contributed by atoms with E-state index in [-0.39, 0.29) is 47.3 Å². The van der Waals surface area contributed by atoms with Gasteiger partial charge in [0.2, 0.25) is 0 Å². The van der Waals surface area contributed by atoms with Crippen LogP contribution in [0.3, 0.4) is 0 Å². The van der Waals surface area contributed by atoms with Gasteiger partial charge in [-0.1, -0.05) is 0 Å². The Morgan fingerprint density at radius 3 is 2.65 bits per heavy atom. The van der Waals surface area contributed by atoms with Gasteiger partial charge in [-0.15, -0.1) is 35.7 Å². The number of hydrogen-bond donors (Lipinski definition) is 2. The van der Waals surface area contributed by atoms with Crippen LogP contribution in [0.4, 0.5) is 4.39 Å². The molecule has 0 amide bonds. The Balaban J connectivity index is 0.00000264. The highest BCUT2D eigenvalue weighted by molar-refractivity contribution is 14.0. The molecular weight excluding hydrogens is 452 g/mol. The summed E-state index contributed by atoms with van der Waals surface area (Å²) >= 11 is 1.62. The molecule has 1 atom stereocenters. The van der Waals surface area contributed by atoms with Crippen molar-refractivity contribution in [3.8, 4) is 0 Å².